The second kappa shape index (κ2) is 6.19. The van der Waals surface area contributed by atoms with E-state index in [1.165, 1.54) is 0 Å². The molecule has 0 saturated carbocycles. The molecule has 0 aliphatic carbocycles. The van der Waals surface area contributed by atoms with Gasteiger partial charge in [0.05, 0.1) is 11.3 Å². The number of nitrogens with one attached hydrogen (secondary N) is 1. The molecule has 104 valence electrons. The van der Waals surface area contributed by atoms with Crippen LogP contribution in [-0.2, 0) is 0 Å². The molecule has 1 N–H and O–H groups in total. The largest absolute Gasteiger partial charge is 0.466 e. The lowest BCUT2D eigenvalue weighted by molar-refractivity contribution is 0.0953. The monoisotopic (exact) mass is 270 g/mol. The number of aryl methyl sites for hydroxylation is 2. The molecular formula is C16H18N2O2. The number of nitrogens with zero attached hydrogens (tertiary/aromatic N) is 1. The van der Waals surface area contributed by atoms with Crippen molar-refractivity contribution in [2.75, 3.05) is 0 Å². The van der Waals surface area contributed by atoms with Crippen molar-refractivity contribution < 1.29 is 9.21 Å². The zero-order valence-electron chi connectivity index (χ0n) is 11.9. The van der Waals surface area contributed by atoms with Crippen LogP contribution in [0, 0.1) is 13.8 Å². The summed E-state index contributed by atoms with van der Waals surface area (Å²) in [5.74, 6) is 1.07. The van der Waals surface area contributed by atoms with Crippen LogP contribution in [0.1, 0.15) is 40.8 Å². The Morgan fingerprint density at radius 2 is 1.95 bits per heavy atom. The molecule has 0 bridgehead atoms. The molecule has 1 aromatic heterocycles. The Labute approximate surface area is 118 Å². The van der Waals surface area contributed by atoms with E-state index in [2.05, 4.69) is 10.5 Å². The molecule has 0 fully saturated rings. The molecule has 0 unspecified atom stereocenters. The molecule has 0 aliphatic rings. The lowest BCUT2D eigenvalue weighted by atomic mass is 10.1. The number of furan rings is 1. The summed E-state index contributed by atoms with van der Waals surface area (Å²) >= 11 is 0. The Morgan fingerprint density at radius 3 is 2.50 bits per heavy atom. The highest BCUT2D eigenvalue weighted by atomic mass is 16.3. The Kier molecular flexibility index (Phi) is 4.35. The van der Waals surface area contributed by atoms with Crippen molar-refractivity contribution in [1.82, 2.24) is 5.43 Å². The minimum absolute atomic E-state index is 0.249. The SMILES string of the molecule is CC/C(=N/NC(=O)c1cc(C)oc1C)c1ccccc1. The van der Waals surface area contributed by atoms with Crippen molar-refractivity contribution in [2.45, 2.75) is 27.2 Å². The molecule has 1 amide bonds. The first-order valence-electron chi connectivity index (χ1n) is 6.61. The topological polar surface area (TPSA) is 54.6 Å². The van der Waals surface area contributed by atoms with Crippen LogP contribution in [0.15, 0.2) is 45.9 Å². The van der Waals surface area contributed by atoms with Gasteiger partial charge >= 0.3 is 0 Å². The molecule has 1 heterocycles. The summed E-state index contributed by atoms with van der Waals surface area (Å²) in [5.41, 5.74) is 4.97. The highest BCUT2D eigenvalue weighted by molar-refractivity contribution is 6.02. The van der Waals surface area contributed by atoms with E-state index in [4.69, 9.17) is 4.42 Å². The fraction of sp³-hybridized carbons (Fsp3) is 0.250. The third-order valence-electron chi connectivity index (χ3n) is 3.02. The summed E-state index contributed by atoms with van der Waals surface area (Å²) in [6.45, 7) is 5.59. The maximum absolute atomic E-state index is 12.1. The number of hydrazone groups is 1. The molecule has 2 aromatic rings. The molecule has 0 saturated heterocycles. The van der Waals surface area contributed by atoms with Crippen LogP contribution in [0.2, 0.25) is 0 Å². The Bertz CT molecular complexity index is 627. The lowest BCUT2D eigenvalue weighted by Crippen LogP contribution is -2.20. The average Bonchev–Trinajstić information content (AvgIpc) is 2.79. The normalized spacial score (nSPS) is 11.4. The Morgan fingerprint density at radius 1 is 1.25 bits per heavy atom. The summed E-state index contributed by atoms with van der Waals surface area (Å²) < 4.78 is 5.34. The molecule has 0 atom stereocenters. The molecule has 2 rings (SSSR count). The van der Waals surface area contributed by atoms with Gasteiger partial charge in [0.25, 0.3) is 5.91 Å². The zero-order valence-corrected chi connectivity index (χ0v) is 11.9. The van der Waals surface area contributed by atoms with E-state index in [1.54, 1.807) is 13.0 Å². The standard InChI is InChI=1S/C16H18N2O2/c1-4-15(13-8-6-5-7-9-13)17-18-16(19)14-10-11(2)20-12(14)3/h5-10H,4H2,1-3H3,(H,18,19)/b17-15-. The van der Waals surface area contributed by atoms with Crippen LogP contribution in [0.3, 0.4) is 0 Å². The van der Waals surface area contributed by atoms with Crippen molar-refractivity contribution in [3.63, 3.8) is 0 Å². The first kappa shape index (κ1) is 14.1. The third-order valence-corrected chi connectivity index (χ3v) is 3.02. The summed E-state index contributed by atoms with van der Waals surface area (Å²) in [5, 5.41) is 4.21. The Balaban J connectivity index is 2.15. The molecule has 20 heavy (non-hydrogen) atoms. The number of rotatable bonds is 4. The van der Waals surface area contributed by atoms with Gasteiger partial charge in [-0.2, -0.15) is 5.10 Å². The molecule has 0 spiro atoms. The quantitative estimate of drug-likeness (QED) is 0.683. The summed E-state index contributed by atoms with van der Waals surface area (Å²) in [6.07, 6.45) is 0.744. The van der Waals surface area contributed by atoms with E-state index in [1.807, 2.05) is 44.2 Å². The van der Waals surface area contributed by atoms with Gasteiger partial charge < -0.3 is 4.42 Å². The van der Waals surface area contributed by atoms with Crippen LogP contribution in [0.4, 0.5) is 0 Å². The van der Waals surface area contributed by atoms with Crippen molar-refractivity contribution in [1.29, 1.82) is 0 Å². The molecule has 0 radical (unpaired) electrons. The van der Waals surface area contributed by atoms with Gasteiger partial charge in [-0.25, -0.2) is 5.43 Å². The van der Waals surface area contributed by atoms with Gasteiger partial charge in [0, 0.05) is 0 Å². The van der Waals surface area contributed by atoms with Crippen LogP contribution < -0.4 is 5.43 Å². The third kappa shape index (κ3) is 3.15. The predicted molar refractivity (Wildman–Crippen MR) is 78.9 cm³/mol. The zero-order chi connectivity index (χ0) is 14.5. The van der Waals surface area contributed by atoms with E-state index in [9.17, 15) is 4.79 Å². The highest BCUT2D eigenvalue weighted by Crippen LogP contribution is 2.13. The maximum Gasteiger partial charge on any atom is 0.274 e. The number of carbonyl (C=O) groups is 1. The van der Waals surface area contributed by atoms with Crippen molar-refractivity contribution >= 4 is 11.6 Å². The van der Waals surface area contributed by atoms with Crippen molar-refractivity contribution in [2.24, 2.45) is 5.10 Å². The molecule has 1 aromatic carbocycles. The van der Waals surface area contributed by atoms with E-state index < -0.39 is 0 Å². The van der Waals surface area contributed by atoms with Crippen LogP contribution >= 0.6 is 0 Å². The van der Waals surface area contributed by atoms with E-state index in [0.717, 1.165) is 23.5 Å². The van der Waals surface area contributed by atoms with E-state index in [0.29, 0.717) is 11.3 Å². The van der Waals surface area contributed by atoms with Crippen LogP contribution in [-0.4, -0.2) is 11.6 Å². The highest BCUT2D eigenvalue weighted by Gasteiger charge is 2.13. The summed E-state index contributed by atoms with van der Waals surface area (Å²) in [6, 6.07) is 11.5. The minimum atomic E-state index is -0.249. The average molecular weight is 270 g/mol. The van der Waals surface area contributed by atoms with Gasteiger partial charge in [0.1, 0.15) is 11.5 Å². The first-order chi connectivity index (χ1) is 9.61. The molecular weight excluding hydrogens is 252 g/mol. The van der Waals surface area contributed by atoms with E-state index >= 15 is 0 Å². The molecule has 4 heteroatoms. The number of hydrogen-bond donors (Lipinski definition) is 1. The molecule has 4 nitrogen and oxygen atoms in total. The molecule has 0 aliphatic heterocycles. The fourth-order valence-corrected chi connectivity index (χ4v) is 2.01. The lowest BCUT2D eigenvalue weighted by Gasteiger charge is -2.04. The predicted octanol–water partition coefficient (Wildman–Crippen LogP) is 3.44. The summed E-state index contributed by atoms with van der Waals surface area (Å²) in [7, 11) is 0. The van der Waals surface area contributed by atoms with Gasteiger partial charge in [-0.15, -0.1) is 0 Å². The van der Waals surface area contributed by atoms with Gasteiger partial charge in [-0.05, 0) is 31.9 Å². The number of amides is 1. The van der Waals surface area contributed by atoms with Crippen molar-refractivity contribution in [3.05, 3.63) is 59.0 Å². The fourth-order valence-electron chi connectivity index (χ4n) is 2.01. The second-order valence-electron chi connectivity index (χ2n) is 4.55. The van der Waals surface area contributed by atoms with E-state index in [-0.39, 0.29) is 5.91 Å². The Hall–Kier alpha value is -2.36. The van der Waals surface area contributed by atoms with Crippen LogP contribution in [0.25, 0.3) is 0 Å². The maximum atomic E-state index is 12.1. The summed E-state index contributed by atoms with van der Waals surface area (Å²) in [4.78, 5) is 12.1. The first-order valence-corrected chi connectivity index (χ1v) is 6.61. The van der Waals surface area contributed by atoms with Gasteiger partial charge in [-0.3, -0.25) is 4.79 Å². The number of carbonyl (C=O) groups excluding carboxylic acids is 1. The van der Waals surface area contributed by atoms with Gasteiger partial charge in [0.2, 0.25) is 0 Å². The number of benzene rings is 1. The van der Waals surface area contributed by atoms with Crippen LogP contribution in [0.5, 0.6) is 0 Å². The second-order valence-corrected chi connectivity index (χ2v) is 4.55. The minimum Gasteiger partial charge on any atom is -0.466 e. The smallest absolute Gasteiger partial charge is 0.274 e. The van der Waals surface area contributed by atoms with Crippen molar-refractivity contribution in [3.8, 4) is 0 Å². The number of hydrogen-bond acceptors (Lipinski definition) is 3. The van der Waals surface area contributed by atoms with Gasteiger partial charge in [0.15, 0.2) is 0 Å². The van der Waals surface area contributed by atoms with Gasteiger partial charge in [-0.1, -0.05) is 37.3 Å².